The van der Waals surface area contributed by atoms with Gasteiger partial charge in [0.05, 0.1) is 5.39 Å². The largest absolute Gasteiger partial charge is 0.360 e. The lowest BCUT2D eigenvalue weighted by atomic mass is 9.97. The molecule has 1 N–H and O–H groups in total. The quantitative estimate of drug-likeness (QED) is 0.347. The van der Waals surface area contributed by atoms with E-state index in [0.29, 0.717) is 29.0 Å². The zero-order chi connectivity index (χ0) is 20.4. The molecule has 7 nitrogen and oxygen atoms in total. The van der Waals surface area contributed by atoms with Gasteiger partial charge in [-0.15, -0.1) is 17.9 Å². The van der Waals surface area contributed by atoms with Crippen molar-refractivity contribution in [3.8, 4) is 0 Å². The Morgan fingerprint density at radius 1 is 1.45 bits per heavy atom. The molecule has 0 bridgehead atoms. The third-order valence-corrected chi connectivity index (χ3v) is 6.97. The Balaban J connectivity index is 1.53. The van der Waals surface area contributed by atoms with E-state index in [9.17, 15) is 9.59 Å². The summed E-state index contributed by atoms with van der Waals surface area (Å²) in [7, 11) is 0. The normalized spacial score (nSPS) is 13.4. The second kappa shape index (κ2) is 8.54. The van der Waals surface area contributed by atoms with Crippen LogP contribution in [0.25, 0.3) is 10.2 Å². The number of nitrogens with one attached hydrogen (secondary N) is 1. The number of rotatable bonds is 7. The average Bonchev–Trinajstić information content (AvgIpc) is 3.27. The Kier molecular flexibility index (Phi) is 5.86. The molecule has 1 aliphatic carbocycles. The smallest absolute Gasteiger partial charge is 0.263 e. The van der Waals surface area contributed by atoms with Crippen molar-refractivity contribution in [1.29, 1.82) is 0 Å². The lowest BCUT2D eigenvalue weighted by Crippen LogP contribution is -2.23. The van der Waals surface area contributed by atoms with Crippen molar-refractivity contribution < 1.29 is 9.32 Å². The number of aromatic nitrogens is 3. The summed E-state index contributed by atoms with van der Waals surface area (Å²) < 4.78 is 6.61. The Bertz CT molecular complexity index is 1130. The van der Waals surface area contributed by atoms with Crippen LogP contribution in [0, 0.1) is 6.92 Å². The molecule has 9 heteroatoms. The van der Waals surface area contributed by atoms with Gasteiger partial charge in [-0.1, -0.05) is 23.0 Å². The lowest BCUT2D eigenvalue weighted by molar-refractivity contribution is -0.115. The van der Waals surface area contributed by atoms with E-state index >= 15 is 0 Å². The predicted octanol–water partition coefficient (Wildman–Crippen LogP) is 3.94. The van der Waals surface area contributed by atoms with Crippen LogP contribution in [0.1, 0.15) is 35.5 Å². The zero-order valence-corrected chi connectivity index (χ0v) is 17.8. The van der Waals surface area contributed by atoms with Crippen LogP contribution in [0.5, 0.6) is 0 Å². The van der Waals surface area contributed by atoms with Gasteiger partial charge in [0.25, 0.3) is 5.56 Å². The summed E-state index contributed by atoms with van der Waals surface area (Å²) in [6.45, 7) is 5.94. The third-order valence-electron chi connectivity index (χ3n) is 4.81. The molecule has 29 heavy (non-hydrogen) atoms. The van der Waals surface area contributed by atoms with Crippen molar-refractivity contribution >= 4 is 45.0 Å². The van der Waals surface area contributed by atoms with Gasteiger partial charge >= 0.3 is 0 Å². The molecule has 0 fully saturated rings. The van der Waals surface area contributed by atoms with Crippen LogP contribution >= 0.6 is 23.1 Å². The van der Waals surface area contributed by atoms with E-state index in [4.69, 9.17) is 9.51 Å². The Morgan fingerprint density at radius 2 is 2.28 bits per heavy atom. The zero-order valence-electron chi connectivity index (χ0n) is 16.2. The van der Waals surface area contributed by atoms with Gasteiger partial charge in [-0.25, -0.2) is 4.98 Å². The number of hydrogen-bond donors (Lipinski definition) is 1. The first kappa shape index (κ1) is 19.9. The molecule has 0 aliphatic heterocycles. The number of thiophene rings is 1. The Labute approximate surface area is 176 Å². The number of thioether (sulfide) groups is 1. The summed E-state index contributed by atoms with van der Waals surface area (Å²) >= 11 is 3.05. The van der Waals surface area contributed by atoms with Crippen LogP contribution in [0.3, 0.4) is 0 Å². The molecule has 0 saturated carbocycles. The van der Waals surface area contributed by atoms with E-state index in [1.54, 1.807) is 35.0 Å². The van der Waals surface area contributed by atoms with Crippen molar-refractivity contribution in [1.82, 2.24) is 14.7 Å². The molecule has 0 unspecified atom stereocenters. The number of hydrogen-bond acceptors (Lipinski definition) is 7. The molecular weight excluding hydrogens is 408 g/mol. The lowest BCUT2D eigenvalue weighted by Gasteiger charge is -2.12. The summed E-state index contributed by atoms with van der Waals surface area (Å²) in [5.41, 5.74) is 1.18. The summed E-state index contributed by atoms with van der Waals surface area (Å²) in [4.78, 5) is 32.2. The second-order valence-electron chi connectivity index (χ2n) is 6.96. The van der Waals surface area contributed by atoms with E-state index in [2.05, 4.69) is 17.1 Å². The molecule has 0 radical (unpaired) electrons. The van der Waals surface area contributed by atoms with Gasteiger partial charge in [-0.3, -0.25) is 14.2 Å². The number of carbonyl (C=O) groups excluding carboxylic acids is 1. The van der Waals surface area contributed by atoms with Crippen LogP contribution < -0.4 is 10.9 Å². The minimum Gasteiger partial charge on any atom is -0.360 e. The maximum absolute atomic E-state index is 13.2. The molecule has 0 atom stereocenters. The minimum absolute atomic E-state index is 0.000626. The summed E-state index contributed by atoms with van der Waals surface area (Å²) in [5.74, 6) is 1.39. The van der Waals surface area contributed by atoms with Gasteiger partial charge < -0.3 is 9.84 Å². The molecular formula is C20H22N4O3S2. The SMILES string of the molecule is C=CCn1c(SCCC(=O)Nc2cc(C)on2)nc2sc3c(c2c1=O)CCCC3. The van der Waals surface area contributed by atoms with Crippen LogP contribution in [0.15, 0.2) is 33.2 Å². The third kappa shape index (κ3) is 4.16. The monoisotopic (exact) mass is 430 g/mol. The van der Waals surface area contributed by atoms with Crippen molar-refractivity contribution in [2.45, 2.75) is 50.7 Å². The molecule has 152 valence electrons. The number of amides is 1. The summed E-state index contributed by atoms with van der Waals surface area (Å²) in [5, 5.41) is 7.86. The molecule has 0 saturated heterocycles. The molecule has 3 heterocycles. The first-order chi connectivity index (χ1) is 14.1. The molecule has 3 aromatic heterocycles. The highest BCUT2D eigenvalue weighted by molar-refractivity contribution is 7.99. The molecule has 0 spiro atoms. The van der Waals surface area contributed by atoms with Gasteiger partial charge in [-0.05, 0) is 38.2 Å². The second-order valence-corrected chi connectivity index (χ2v) is 9.10. The fourth-order valence-electron chi connectivity index (χ4n) is 3.49. The topological polar surface area (TPSA) is 90.0 Å². The minimum atomic E-state index is -0.156. The van der Waals surface area contributed by atoms with Crippen LogP contribution in [0.2, 0.25) is 0 Å². The number of carbonyl (C=O) groups is 1. The van der Waals surface area contributed by atoms with Crippen LogP contribution in [0.4, 0.5) is 5.82 Å². The first-order valence-electron chi connectivity index (χ1n) is 9.58. The van der Waals surface area contributed by atoms with Crippen molar-refractivity contribution in [3.63, 3.8) is 0 Å². The average molecular weight is 431 g/mol. The number of nitrogens with zero attached hydrogens (tertiary/aromatic N) is 3. The fourth-order valence-corrected chi connectivity index (χ4v) is 5.73. The summed E-state index contributed by atoms with van der Waals surface area (Å²) in [6, 6.07) is 1.67. The Hall–Kier alpha value is -2.39. The molecule has 3 aromatic rings. The fraction of sp³-hybridized carbons (Fsp3) is 0.400. The maximum atomic E-state index is 13.2. The highest BCUT2D eigenvalue weighted by atomic mass is 32.2. The van der Waals surface area contributed by atoms with Crippen LogP contribution in [-0.4, -0.2) is 26.4 Å². The van der Waals surface area contributed by atoms with E-state index in [0.717, 1.165) is 29.5 Å². The van der Waals surface area contributed by atoms with Gasteiger partial charge in [0, 0.05) is 29.7 Å². The standard InChI is InChI=1S/C20H22N4O3S2/c1-3-9-24-19(26)17-13-6-4-5-7-14(13)29-18(17)22-20(24)28-10-8-16(25)21-15-11-12(2)27-23-15/h3,11H,1,4-10H2,2H3,(H,21,23,25). The van der Waals surface area contributed by atoms with E-state index in [-0.39, 0.29) is 17.9 Å². The molecule has 0 aromatic carbocycles. The van der Waals surface area contributed by atoms with E-state index in [1.807, 2.05) is 0 Å². The van der Waals surface area contributed by atoms with Crippen molar-refractivity contribution in [3.05, 3.63) is 45.3 Å². The predicted molar refractivity (Wildman–Crippen MR) is 116 cm³/mol. The van der Waals surface area contributed by atoms with E-state index in [1.165, 1.54) is 28.6 Å². The number of allylic oxidation sites excluding steroid dienone is 1. The van der Waals surface area contributed by atoms with Gasteiger partial charge in [-0.2, -0.15) is 0 Å². The first-order valence-corrected chi connectivity index (χ1v) is 11.4. The number of anilines is 1. The summed E-state index contributed by atoms with van der Waals surface area (Å²) in [6.07, 6.45) is 6.26. The van der Waals surface area contributed by atoms with E-state index < -0.39 is 0 Å². The highest BCUT2D eigenvalue weighted by Gasteiger charge is 2.22. The Morgan fingerprint density at radius 3 is 3.03 bits per heavy atom. The van der Waals surface area contributed by atoms with Gasteiger partial charge in [0.1, 0.15) is 10.6 Å². The van der Waals surface area contributed by atoms with Gasteiger partial charge in [0.2, 0.25) is 5.91 Å². The van der Waals surface area contributed by atoms with Gasteiger partial charge in [0.15, 0.2) is 11.0 Å². The highest BCUT2D eigenvalue weighted by Crippen LogP contribution is 2.34. The molecule has 1 aliphatic rings. The number of fused-ring (bicyclic) bond motifs is 3. The van der Waals surface area contributed by atoms with Crippen molar-refractivity contribution in [2.24, 2.45) is 0 Å². The van der Waals surface area contributed by atoms with Crippen LogP contribution in [-0.2, 0) is 24.2 Å². The maximum Gasteiger partial charge on any atom is 0.263 e. The molecule has 1 amide bonds. The number of aryl methyl sites for hydroxylation is 3. The molecule has 4 rings (SSSR count). The van der Waals surface area contributed by atoms with Crippen molar-refractivity contribution in [2.75, 3.05) is 11.1 Å².